The summed E-state index contributed by atoms with van der Waals surface area (Å²) in [6, 6.07) is 28.7. The number of hydrogen-bond acceptors (Lipinski definition) is 3. The fraction of sp³-hybridized carbons (Fsp3) is 0.314. The number of nitrogens with one attached hydrogen (secondary N) is 1. The monoisotopic (exact) mass is 531 g/mol. The first-order valence-electron chi connectivity index (χ1n) is 14.4. The lowest BCUT2D eigenvalue weighted by molar-refractivity contribution is -0.124. The Morgan fingerprint density at radius 1 is 0.925 bits per heavy atom. The maximum atomic E-state index is 13.7. The van der Waals surface area contributed by atoms with Gasteiger partial charge in [0.05, 0.1) is 24.1 Å². The topological polar surface area (TPSA) is 67.2 Å². The first kappa shape index (κ1) is 26.3. The number of para-hydroxylation sites is 1. The van der Waals surface area contributed by atoms with Gasteiger partial charge in [0.15, 0.2) is 0 Å². The smallest absolute Gasteiger partial charge is 0.228 e. The summed E-state index contributed by atoms with van der Waals surface area (Å²) in [6.45, 7) is 4.76. The van der Waals surface area contributed by atoms with Crippen LogP contribution in [-0.4, -0.2) is 27.2 Å². The van der Waals surface area contributed by atoms with Gasteiger partial charge in [-0.15, -0.1) is 0 Å². The number of amides is 1. The van der Waals surface area contributed by atoms with Crippen LogP contribution in [0.1, 0.15) is 65.7 Å². The number of carbonyl (C=O) groups is 1. The molecule has 2 heterocycles. The first-order chi connectivity index (χ1) is 19.5. The predicted molar refractivity (Wildman–Crippen MR) is 161 cm³/mol. The fourth-order valence-corrected chi connectivity index (χ4v) is 6.70. The lowest BCUT2D eigenvalue weighted by atomic mass is 9.83. The van der Waals surface area contributed by atoms with E-state index in [9.17, 15) is 9.90 Å². The van der Waals surface area contributed by atoms with Crippen LogP contribution in [0.25, 0.3) is 21.8 Å². The third-order valence-electron chi connectivity index (χ3n) is 8.60. The van der Waals surface area contributed by atoms with Crippen LogP contribution in [0.5, 0.6) is 0 Å². The molecule has 2 N–H and O–H groups in total. The standard InChI is InChI=1S/C35H37N3O2/c1-23-20-32-33(24(2)36-23)29-14-8-9-15-31(29)38(32)21-25-16-18-28(19-17-25)34(27-12-6-7-13-27)35(40)37-30(22-39)26-10-4-3-5-11-26/h3-5,8-11,14-20,27,30,34,39H,6-7,12-13,21-22H2,1-2H3,(H,37,40). The molecule has 5 heteroatoms. The number of aliphatic hydroxyl groups is 1. The summed E-state index contributed by atoms with van der Waals surface area (Å²) in [5.74, 6) is 0.0964. The van der Waals surface area contributed by atoms with E-state index in [0.717, 1.165) is 54.7 Å². The molecule has 1 saturated carbocycles. The van der Waals surface area contributed by atoms with Gasteiger partial charge in [0.2, 0.25) is 5.91 Å². The van der Waals surface area contributed by atoms with E-state index in [0.29, 0.717) is 5.92 Å². The first-order valence-corrected chi connectivity index (χ1v) is 14.4. The van der Waals surface area contributed by atoms with Gasteiger partial charge in [0.1, 0.15) is 0 Å². The van der Waals surface area contributed by atoms with Gasteiger partial charge in [-0.05, 0) is 61.4 Å². The Hall–Kier alpha value is -3.96. The summed E-state index contributed by atoms with van der Waals surface area (Å²) in [6.07, 6.45) is 4.44. The van der Waals surface area contributed by atoms with E-state index in [4.69, 9.17) is 4.98 Å². The number of carbonyl (C=O) groups excluding carboxylic acids is 1. The molecule has 2 unspecified atom stereocenters. The second-order valence-corrected chi connectivity index (χ2v) is 11.3. The van der Waals surface area contributed by atoms with E-state index < -0.39 is 6.04 Å². The number of aliphatic hydroxyl groups excluding tert-OH is 1. The van der Waals surface area contributed by atoms with Crippen molar-refractivity contribution in [3.63, 3.8) is 0 Å². The van der Waals surface area contributed by atoms with Crippen molar-refractivity contribution in [3.8, 4) is 0 Å². The van der Waals surface area contributed by atoms with E-state index in [2.05, 4.69) is 78.3 Å². The van der Waals surface area contributed by atoms with Crippen molar-refractivity contribution in [2.24, 2.45) is 5.92 Å². The number of fused-ring (bicyclic) bond motifs is 3. The Balaban J connectivity index is 1.30. The van der Waals surface area contributed by atoms with E-state index >= 15 is 0 Å². The molecule has 40 heavy (non-hydrogen) atoms. The minimum Gasteiger partial charge on any atom is -0.394 e. The maximum absolute atomic E-state index is 13.7. The zero-order valence-corrected chi connectivity index (χ0v) is 23.3. The van der Waals surface area contributed by atoms with Gasteiger partial charge in [-0.3, -0.25) is 9.78 Å². The van der Waals surface area contributed by atoms with E-state index in [1.807, 2.05) is 30.3 Å². The Bertz CT molecular complexity index is 1630. The van der Waals surface area contributed by atoms with Crippen molar-refractivity contribution in [2.75, 3.05) is 6.61 Å². The highest BCUT2D eigenvalue weighted by atomic mass is 16.3. The molecule has 1 aliphatic rings. The number of rotatable bonds is 8. The summed E-state index contributed by atoms with van der Waals surface area (Å²) in [5, 5.41) is 15.7. The Morgan fingerprint density at radius 2 is 1.62 bits per heavy atom. The fourth-order valence-electron chi connectivity index (χ4n) is 6.70. The minimum atomic E-state index is -0.409. The molecule has 5 aromatic rings. The zero-order valence-electron chi connectivity index (χ0n) is 23.3. The van der Waals surface area contributed by atoms with Gasteiger partial charge >= 0.3 is 0 Å². The van der Waals surface area contributed by atoms with Crippen LogP contribution in [0.3, 0.4) is 0 Å². The van der Waals surface area contributed by atoms with E-state index in [-0.39, 0.29) is 18.4 Å². The third kappa shape index (κ3) is 5.02. The summed E-state index contributed by atoms with van der Waals surface area (Å²) in [4.78, 5) is 18.5. The Labute approximate surface area is 235 Å². The molecule has 0 aliphatic heterocycles. The number of nitrogens with zero attached hydrogens (tertiary/aromatic N) is 2. The third-order valence-corrected chi connectivity index (χ3v) is 8.60. The van der Waals surface area contributed by atoms with Crippen LogP contribution in [0.4, 0.5) is 0 Å². The van der Waals surface area contributed by atoms with Crippen LogP contribution in [0, 0.1) is 19.8 Å². The van der Waals surface area contributed by atoms with Gasteiger partial charge < -0.3 is 15.0 Å². The quantitative estimate of drug-likeness (QED) is 0.227. The lowest BCUT2D eigenvalue weighted by Gasteiger charge is -2.26. The summed E-state index contributed by atoms with van der Waals surface area (Å²) in [5.41, 5.74) is 7.66. The molecule has 2 atom stereocenters. The van der Waals surface area contributed by atoms with Gasteiger partial charge in [-0.1, -0.05) is 85.6 Å². The van der Waals surface area contributed by atoms with Crippen molar-refractivity contribution >= 4 is 27.7 Å². The molecule has 3 aromatic carbocycles. The average molecular weight is 532 g/mol. The molecule has 1 amide bonds. The zero-order chi connectivity index (χ0) is 27.6. The van der Waals surface area contributed by atoms with Crippen molar-refractivity contribution < 1.29 is 9.90 Å². The Kier molecular flexibility index (Phi) is 7.40. The molecule has 0 bridgehead atoms. The van der Waals surface area contributed by atoms with Crippen LogP contribution < -0.4 is 5.32 Å². The van der Waals surface area contributed by atoms with Crippen LogP contribution in [-0.2, 0) is 11.3 Å². The molecule has 6 rings (SSSR count). The van der Waals surface area contributed by atoms with Gasteiger partial charge in [0, 0.05) is 34.2 Å². The van der Waals surface area contributed by atoms with E-state index in [1.165, 1.54) is 27.4 Å². The molecule has 1 fully saturated rings. The predicted octanol–water partition coefficient (Wildman–Crippen LogP) is 6.98. The lowest BCUT2D eigenvalue weighted by Crippen LogP contribution is -2.37. The summed E-state index contributed by atoms with van der Waals surface area (Å²) >= 11 is 0. The molecular weight excluding hydrogens is 494 g/mol. The normalized spacial score (nSPS) is 15.5. The molecular formula is C35H37N3O2. The average Bonchev–Trinajstić information content (AvgIpc) is 3.60. The van der Waals surface area contributed by atoms with Crippen LogP contribution >= 0.6 is 0 Å². The number of aryl methyl sites for hydroxylation is 2. The highest BCUT2D eigenvalue weighted by molar-refractivity contribution is 6.09. The molecule has 0 saturated heterocycles. The van der Waals surface area contributed by atoms with Crippen LogP contribution in [0.15, 0.2) is 84.9 Å². The highest BCUT2D eigenvalue weighted by Gasteiger charge is 2.33. The number of aromatic nitrogens is 2. The van der Waals surface area contributed by atoms with E-state index in [1.54, 1.807) is 0 Å². The summed E-state index contributed by atoms with van der Waals surface area (Å²) < 4.78 is 2.38. The van der Waals surface area contributed by atoms with Crippen molar-refractivity contribution in [2.45, 2.75) is 58.0 Å². The highest BCUT2D eigenvalue weighted by Crippen LogP contribution is 2.38. The van der Waals surface area contributed by atoms with Gasteiger partial charge in [0.25, 0.3) is 0 Å². The summed E-state index contributed by atoms with van der Waals surface area (Å²) in [7, 11) is 0. The van der Waals surface area contributed by atoms with Crippen molar-refractivity contribution in [3.05, 3.63) is 113 Å². The van der Waals surface area contributed by atoms with Gasteiger partial charge in [-0.25, -0.2) is 0 Å². The SMILES string of the molecule is Cc1cc2c(c(C)n1)c1ccccc1n2Cc1ccc(C(C(=O)NC(CO)c2ccccc2)C2CCCC2)cc1. The number of pyridine rings is 1. The number of benzene rings is 3. The molecule has 2 aromatic heterocycles. The van der Waals surface area contributed by atoms with Crippen molar-refractivity contribution in [1.29, 1.82) is 0 Å². The molecule has 204 valence electrons. The second kappa shape index (κ2) is 11.3. The minimum absolute atomic E-state index is 0.00315. The molecule has 0 radical (unpaired) electrons. The second-order valence-electron chi connectivity index (χ2n) is 11.3. The Morgan fingerprint density at radius 3 is 2.35 bits per heavy atom. The molecule has 1 aliphatic carbocycles. The largest absolute Gasteiger partial charge is 0.394 e. The molecule has 5 nitrogen and oxygen atoms in total. The van der Waals surface area contributed by atoms with Crippen LogP contribution in [0.2, 0.25) is 0 Å². The molecule has 0 spiro atoms. The maximum Gasteiger partial charge on any atom is 0.228 e. The van der Waals surface area contributed by atoms with Gasteiger partial charge in [-0.2, -0.15) is 0 Å². The van der Waals surface area contributed by atoms with Crippen molar-refractivity contribution in [1.82, 2.24) is 14.9 Å². The number of hydrogen-bond donors (Lipinski definition) is 2.